The van der Waals surface area contributed by atoms with E-state index in [0.29, 0.717) is 12.6 Å². The summed E-state index contributed by atoms with van der Waals surface area (Å²) in [7, 11) is 0. The second-order valence-corrected chi connectivity index (χ2v) is 5.94. The van der Waals surface area contributed by atoms with Crippen molar-refractivity contribution in [2.45, 2.75) is 50.7 Å². The Kier molecular flexibility index (Phi) is 4.58. The third kappa shape index (κ3) is 3.86. The van der Waals surface area contributed by atoms with Gasteiger partial charge in [-0.15, -0.1) is 0 Å². The van der Waals surface area contributed by atoms with E-state index < -0.39 is 0 Å². The lowest BCUT2D eigenvalue weighted by atomic mass is 10.1. The molecule has 1 aliphatic carbocycles. The van der Waals surface area contributed by atoms with Crippen molar-refractivity contribution in [3.05, 3.63) is 24.5 Å². The van der Waals surface area contributed by atoms with Crippen LogP contribution in [0.4, 0.5) is 4.79 Å². The van der Waals surface area contributed by atoms with E-state index in [9.17, 15) is 4.79 Å². The predicted octanol–water partition coefficient (Wildman–Crippen LogP) is 2.58. The Balaban J connectivity index is 1.51. The van der Waals surface area contributed by atoms with E-state index in [0.717, 1.165) is 38.0 Å². The van der Waals surface area contributed by atoms with Crippen LogP contribution in [0.2, 0.25) is 0 Å². The minimum Gasteiger partial charge on any atom is -0.488 e. The molecule has 1 unspecified atom stereocenters. The molecule has 0 radical (unpaired) electrons. The van der Waals surface area contributed by atoms with Crippen LogP contribution in [0.25, 0.3) is 0 Å². The smallest absolute Gasteiger partial charge is 0.317 e. The zero-order valence-corrected chi connectivity index (χ0v) is 12.3. The summed E-state index contributed by atoms with van der Waals surface area (Å²) in [4.78, 5) is 18.2. The summed E-state index contributed by atoms with van der Waals surface area (Å²) in [6, 6.07) is 4.17. The van der Waals surface area contributed by atoms with Gasteiger partial charge in [0.15, 0.2) is 0 Å². The number of likely N-dealkylation sites (tertiary alicyclic amines) is 1. The minimum absolute atomic E-state index is 0.0740. The summed E-state index contributed by atoms with van der Waals surface area (Å²) in [5.41, 5.74) is 0. The number of amides is 2. The maximum absolute atomic E-state index is 12.3. The summed E-state index contributed by atoms with van der Waals surface area (Å²) in [5, 5.41) is 3.15. The first kappa shape index (κ1) is 14.2. The molecule has 1 saturated carbocycles. The average molecular weight is 289 g/mol. The van der Waals surface area contributed by atoms with Crippen LogP contribution in [0, 0.1) is 0 Å². The molecule has 21 heavy (non-hydrogen) atoms. The minimum atomic E-state index is 0.0740. The maximum atomic E-state index is 12.3. The normalized spacial score (nSPS) is 23.0. The Hall–Kier alpha value is -1.78. The molecule has 3 rings (SSSR count). The van der Waals surface area contributed by atoms with Crippen LogP contribution in [0.5, 0.6) is 5.75 Å². The zero-order valence-electron chi connectivity index (χ0n) is 12.3. The third-order valence-corrected chi connectivity index (χ3v) is 4.30. The molecule has 1 aromatic rings. The Labute approximate surface area is 125 Å². The van der Waals surface area contributed by atoms with Crippen LogP contribution >= 0.6 is 0 Å². The van der Waals surface area contributed by atoms with E-state index in [1.165, 1.54) is 12.8 Å². The molecule has 1 aromatic heterocycles. The molecule has 2 aliphatic rings. The molecule has 114 valence electrons. The van der Waals surface area contributed by atoms with Crippen LogP contribution in [0.3, 0.4) is 0 Å². The number of carbonyl (C=O) groups is 1. The molecule has 0 bridgehead atoms. The monoisotopic (exact) mass is 289 g/mol. The van der Waals surface area contributed by atoms with Crippen LogP contribution < -0.4 is 10.1 Å². The first-order chi connectivity index (χ1) is 10.3. The second-order valence-electron chi connectivity index (χ2n) is 5.94. The molecule has 1 saturated heterocycles. The van der Waals surface area contributed by atoms with E-state index >= 15 is 0 Å². The summed E-state index contributed by atoms with van der Waals surface area (Å²) < 4.78 is 5.94. The Morgan fingerprint density at radius 2 is 1.95 bits per heavy atom. The topological polar surface area (TPSA) is 54.5 Å². The van der Waals surface area contributed by atoms with E-state index in [1.54, 1.807) is 12.4 Å². The molecule has 2 fully saturated rings. The number of rotatable bonds is 3. The number of hydrogen-bond donors (Lipinski definition) is 1. The van der Waals surface area contributed by atoms with Crippen LogP contribution in [0.1, 0.15) is 38.5 Å². The van der Waals surface area contributed by atoms with Crippen molar-refractivity contribution in [3.8, 4) is 5.75 Å². The molecular formula is C16H23N3O2. The lowest BCUT2D eigenvalue weighted by Gasteiger charge is -2.33. The molecule has 0 spiro atoms. The van der Waals surface area contributed by atoms with Crippen LogP contribution in [-0.2, 0) is 0 Å². The number of ether oxygens (including phenoxy) is 1. The quantitative estimate of drug-likeness (QED) is 0.930. The van der Waals surface area contributed by atoms with Gasteiger partial charge < -0.3 is 15.0 Å². The van der Waals surface area contributed by atoms with Crippen LogP contribution in [-0.4, -0.2) is 41.2 Å². The fourth-order valence-electron chi connectivity index (χ4n) is 3.16. The van der Waals surface area contributed by atoms with Gasteiger partial charge in [-0.25, -0.2) is 4.79 Å². The lowest BCUT2D eigenvalue weighted by Crippen LogP contribution is -2.50. The molecule has 2 amide bonds. The Morgan fingerprint density at radius 3 is 2.71 bits per heavy atom. The molecule has 2 heterocycles. The second kappa shape index (κ2) is 6.78. The molecule has 1 aliphatic heterocycles. The number of nitrogens with one attached hydrogen (secondary N) is 1. The molecule has 1 atom stereocenters. The number of carbonyl (C=O) groups excluding carboxylic acids is 1. The number of piperidine rings is 1. The highest BCUT2D eigenvalue weighted by atomic mass is 16.5. The van der Waals surface area contributed by atoms with Gasteiger partial charge in [-0.1, -0.05) is 12.8 Å². The number of pyridine rings is 1. The van der Waals surface area contributed by atoms with E-state index in [-0.39, 0.29) is 12.1 Å². The summed E-state index contributed by atoms with van der Waals surface area (Å²) in [6.07, 6.45) is 10.2. The lowest BCUT2D eigenvalue weighted by molar-refractivity contribution is 0.100. The van der Waals surface area contributed by atoms with Crippen molar-refractivity contribution in [1.29, 1.82) is 0 Å². The maximum Gasteiger partial charge on any atom is 0.317 e. The van der Waals surface area contributed by atoms with Gasteiger partial charge in [-0.2, -0.15) is 0 Å². The highest BCUT2D eigenvalue weighted by Crippen LogP contribution is 2.20. The van der Waals surface area contributed by atoms with E-state index in [4.69, 9.17) is 4.74 Å². The van der Waals surface area contributed by atoms with Crippen molar-refractivity contribution in [1.82, 2.24) is 15.2 Å². The molecular weight excluding hydrogens is 266 g/mol. The van der Waals surface area contributed by atoms with Gasteiger partial charge >= 0.3 is 6.03 Å². The molecule has 0 aromatic carbocycles. The fourth-order valence-corrected chi connectivity index (χ4v) is 3.16. The summed E-state index contributed by atoms with van der Waals surface area (Å²) in [6.45, 7) is 1.50. The number of hydrogen-bond acceptors (Lipinski definition) is 3. The fraction of sp³-hybridized carbons (Fsp3) is 0.625. The van der Waals surface area contributed by atoms with Gasteiger partial charge in [0.2, 0.25) is 0 Å². The molecule has 1 N–H and O–H groups in total. The van der Waals surface area contributed by atoms with Crippen molar-refractivity contribution in [2.75, 3.05) is 13.1 Å². The van der Waals surface area contributed by atoms with Crippen LogP contribution in [0.15, 0.2) is 24.5 Å². The van der Waals surface area contributed by atoms with Crippen molar-refractivity contribution >= 4 is 6.03 Å². The van der Waals surface area contributed by atoms with Crippen molar-refractivity contribution < 1.29 is 9.53 Å². The molecule has 5 heteroatoms. The zero-order chi connectivity index (χ0) is 14.5. The van der Waals surface area contributed by atoms with Crippen molar-refractivity contribution in [3.63, 3.8) is 0 Å². The first-order valence-corrected chi connectivity index (χ1v) is 7.93. The first-order valence-electron chi connectivity index (χ1n) is 7.93. The van der Waals surface area contributed by atoms with Gasteiger partial charge in [-0.3, -0.25) is 4.98 Å². The molecule has 5 nitrogen and oxygen atoms in total. The predicted molar refractivity (Wildman–Crippen MR) is 80.2 cm³/mol. The highest BCUT2D eigenvalue weighted by Gasteiger charge is 2.27. The standard InChI is InChI=1S/C16H23N3O2/c20-16(18-13-4-1-2-5-13)19-11-3-6-15(12-19)21-14-7-9-17-10-8-14/h7-10,13,15H,1-6,11-12H2,(H,18,20). The van der Waals surface area contributed by atoms with E-state index in [2.05, 4.69) is 10.3 Å². The largest absolute Gasteiger partial charge is 0.488 e. The highest BCUT2D eigenvalue weighted by molar-refractivity contribution is 5.74. The Morgan fingerprint density at radius 1 is 1.19 bits per heavy atom. The Bertz CT molecular complexity index is 460. The third-order valence-electron chi connectivity index (χ3n) is 4.30. The van der Waals surface area contributed by atoms with Gasteiger partial charge in [0, 0.05) is 25.0 Å². The van der Waals surface area contributed by atoms with E-state index in [1.807, 2.05) is 17.0 Å². The van der Waals surface area contributed by atoms with Gasteiger partial charge in [0.25, 0.3) is 0 Å². The van der Waals surface area contributed by atoms with Crippen molar-refractivity contribution in [2.24, 2.45) is 0 Å². The average Bonchev–Trinajstić information content (AvgIpc) is 3.01. The SMILES string of the molecule is O=C(NC1CCCC1)N1CCCC(Oc2ccncc2)C1. The van der Waals surface area contributed by atoms with Gasteiger partial charge in [0.1, 0.15) is 11.9 Å². The van der Waals surface area contributed by atoms with Gasteiger partial charge in [-0.05, 0) is 37.8 Å². The number of aromatic nitrogens is 1. The summed E-state index contributed by atoms with van der Waals surface area (Å²) >= 11 is 0. The number of urea groups is 1. The number of nitrogens with zero attached hydrogens (tertiary/aromatic N) is 2. The summed E-state index contributed by atoms with van der Waals surface area (Å²) in [5.74, 6) is 0.827. The van der Waals surface area contributed by atoms with Gasteiger partial charge in [0.05, 0.1) is 6.54 Å².